The topological polar surface area (TPSA) is 75.2 Å². The van der Waals surface area contributed by atoms with Gasteiger partial charge in [-0.05, 0) is 44.6 Å². The highest BCUT2D eigenvalue weighted by molar-refractivity contribution is 7.88. The third-order valence-corrected chi connectivity index (χ3v) is 4.87. The molecule has 0 radical (unpaired) electrons. The van der Waals surface area contributed by atoms with E-state index in [1.165, 1.54) is 11.8 Å². The number of aromatic nitrogens is 2. The van der Waals surface area contributed by atoms with Crippen LogP contribution in [0.4, 0.5) is 5.95 Å². The molecule has 0 amide bonds. The first-order valence-electron chi connectivity index (χ1n) is 8.22. The van der Waals surface area contributed by atoms with Gasteiger partial charge in [-0.15, -0.1) is 0 Å². The van der Waals surface area contributed by atoms with E-state index in [1.807, 2.05) is 13.8 Å². The zero-order valence-corrected chi connectivity index (χ0v) is 15.6. The Bertz CT molecular complexity index is 635. The van der Waals surface area contributed by atoms with Crippen molar-refractivity contribution in [1.82, 2.24) is 14.7 Å². The molecule has 1 saturated heterocycles. The van der Waals surface area contributed by atoms with Gasteiger partial charge in [-0.3, -0.25) is 0 Å². The highest BCUT2D eigenvalue weighted by Gasteiger charge is 2.24. The standard InChI is InChI=1S/C16H28N4O2S/c1-11(2)9-15-12(3)17-16(18-13(15)4)20-8-6-7-14(10-20)19-23(5,21)22/h11,14,19H,6-10H2,1-5H3/t14-/m1/s1. The molecule has 1 atom stereocenters. The first-order chi connectivity index (χ1) is 10.7. The number of nitrogens with zero attached hydrogens (tertiary/aromatic N) is 3. The van der Waals surface area contributed by atoms with Gasteiger partial charge < -0.3 is 4.90 Å². The molecule has 1 N–H and O–H groups in total. The highest BCUT2D eigenvalue weighted by Crippen LogP contribution is 2.21. The molecule has 2 heterocycles. The third kappa shape index (κ3) is 5.14. The third-order valence-electron chi connectivity index (χ3n) is 4.11. The Hall–Kier alpha value is -1.21. The number of hydrogen-bond donors (Lipinski definition) is 1. The van der Waals surface area contributed by atoms with E-state index < -0.39 is 10.0 Å². The number of nitrogens with one attached hydrogen (secondary N) is 1. The summed E-state index contributed by atoms with van der Waals surface area (Å²) in [6.45, 7) is 9.94. The minimum absolute atomic E-state index is 0.0710. The minimum atomic E-state index is -3.18. The van der Waals surface area contributed by atoms with Crippen LogP contribution in [0.3, 0.4) is 0 Å². The van der Waals surface area contributed by atoms with Crippen molar-refractivity contribution >= 4 is 16.0 Å². The van der Waals surface area contributed by atoms with Crippen LogP contribution in [0, 0.1) is 19.8 Å². The van der Waals surface area contributed by atoms with Crippen LogP contribution in [-0.4, -0.2) is 43.8 Å². The number of aryl methyl sites for hydroxylation is 2. The van der Waals surface area contributed by atoms with E-state index in [4.69, 9.17) is 0 Å². The Morgan fingerprint density at radius 3 is 2.39 bits per heavy atom. The molecule has 0 unspecified atom stereocenters. The summed E-state index contributed by atoms with van der Waals surface area (Å²) >= 11 is 0. The minimum Gasteiger partial charge on any atom is -0.339 e. The van der Waals surface area contributed by atoms with Gasteiger partial charge >= 0.3 is 0 Å². The smallest absolute Gasteiger partial charge is 0.225 e. The molecule has 1 aromatic rings. The van der Waals surface area contributed by atoms with Crippen molar-refractivity contribution in [1.29, 1.82) is 0 Å². The molecule has 0 aliphatic carbocycles. The summed E-state index contributed by atoms with van der Waals surface area (Å²) in [5.74, 6) is 1.28. The molecule has 0 spiro atoms. The van der Waals surface area contributed by atoms with E-state index in [1.54, 1.807) is 0 Å². The molecule has 0 aromatic carbocycles. The van der Waals surface area contributed by atoms with Gasteiger partial charge in [-0.25, -0.2) is 23.1 Å². The highest BCUT2D eigenvalue weighted by atomic mass is 32.2. The molecule has 1 aliphatic rings. The number of rotatable bonds is 5. The van der Waals surface area contributed by atoms with Gasteiger partial charge in [0.15, 0.2) is 0 Å². The van der Waals surface area contributed by atoms with Crippen LogP contribution in [0.5, 0.6) is 0 Å². The second-order valence-electron chi connectivity index (χ2n) is 6.95. The number of hydrogen-bond acceptors (Lipinski definition) is 5. The van der Waals surface area contributed by atoms with Crippen molar-refractivity contribution in [3.8, 4) is 0 Å². The van der Waals surface area contributed by atoms with Gasteiger partial charge in [0.05, 0.1) is 6.26 Å². The van der Waals surface area contributed by atoms with Gasteiger partial charge in [-0.2, -0.15) is 0 Å². The summed E-state index contributed by atoms with van der Waals surface area (Å²) < 4.78 is 25.6. The number of anilines is 1. The summed E-state index contributed by atoms with van der Waals surface area (Å²) in [6.07, 6.45) is 3.98. The van der Waals surface area contributed by atoms with Crippen molar-refractivity contribution in [2.24, 2.45) is 5.92 Å². The second kappa shape index (κ2) is 7.13. The van der Waals surface area contributed by atoms with Crippen molar-refractivity contribution < 1.29 is 8.42 Å². The lowest BCUT2D eigenvalue weighted by atomic mass is 10.0. The first-order valence-corrected chi connectivity index (χ1v) is 10.1. The Labute approximate surface area is 139 Å². The summed E-state index contributed by atoms with van der Waals surface area (Å²) in [5, 5.41) is 0. The Kier molecular flexibility index (Phi) is 5.62. The van der Waals surface area contributed by atoms with Crippen LogP contribution < -0.4 is 9.62 Å². The fourth-order valence-corrected chi connectivity index (χ4v) is 3.92. The zero-order chi connectivity index (χ0) is 17.2. The summed E-state index contributed by atoms with van der Waals surface area (Å²) in [4.78, 5) is 11.4. The van der Waals surface area contributed by atoms with Crippen LogP contribution >= 0.6 is 0 Å². The fourth-order valence-electron chi connectivity index (χ4n) is 3.12. The van der Waals surface area contributed by atoms with Crippen LogP contribution in [0.15, 0.2) is 0 Å². The average molecular weight is 340 g/mol. The van der Waals surface area contributed by atoms with E-state index in [0.717, 1.165) is 37.2 Å². The summed E-state index contributed by atoms with van der Waals surface area (Å²) in [6, 6.07) is -0.0710. The maximum Gasteiger partial charge on any atom is 0.225 e. The molecule has 2 rings (SSSR count). The Morgan fingerprint density at radius 1 is 1.26 bits per heavy atom. The molecule has 130 valence electrons. The molecule has 6 nitrogen and oxygen atoms in total. The van der Waals surface area contributed by atoms with E-state index in [0.29, 0.717) is 18.4 Å². The normalized spacial score (nSPS) is 19.4. The predicted octanol–water partition coefficient (Wildman–Crippen LogP) is 1.81. The largest absolute Gasteiger partial charge is 0.339 e. The lowest BCUT2D eigenvalue weighted by Crippen LogP contribution is -2.48. The van der Waals surface area contributed by atoms with Gasteiger partial charge in [0.1, 0.15) is 0 Å². The number of piperidine rings is 1. The molecular weight excluding hydrogens is 312 g/mol. The van der Waals surface area contributed by atoms with Crippen molar-refractivity contribution in [3.63, 3.8) is 0 Å². The van der Waals surface area contributed by atoms with E-state index in [9.17, 15) is 8.42 Å². The van der Waals surface area contributed by atoms with Crippen molar-refractivity contribution in [3.05, 3.63) is 17.0 Å². The SMILES string of the molecule is Cc1nc(N2CCC[C@@H](NS(C)(=O)=O)C2)nc(C)c1CC(C)C. The molecule has 1 aliphatic heterocycles. The molecule has 7 heteroatoms. The van der Waals surface area contributed by atoms with E-state index in [2.05, 4.69) is 33.4 Å². The second-order valence-corrected chi connectivity index (χ2v) is 8.73. The quantitative estimate of drug-likeness (QED) is 0.885. The predicted molar refractivity (Wildman–Crippen MR) is 93.3 cm³/mol. The molecule has 1 aromatic heterocycles. The Morgan fingerprint density at radius 2 is 1.87 bits per heavy atom. The van der Waals surface area contributed by atoms with Crippen molar-refractivity contribution in [2.75, 3.05) is 24.2 Å². The lowest BCUT2D eigenvalue weighted by molar-refractivity contribution is 0.462. The van der Waals surface area contributed by atoms with Gasteiger partial charge in [0.2, 0.25) is 16.0 Å². The van der Waals surface area contributed by atoms with Crippen LogP contribution in [0.2, 0.25) is 0 Å². The maximum atomic E-state index is 11.4. The maximum absolute atomic E-state index is 11.4. The lowest BCUT2D eigenvalue weighted by Gasteiger charge is -2.33. The zero-order valence-electron chi connectivity index (χ0n) is 14.8. The van der Waals surface area contributed by atoms with E-state index in [-0.39, 0.29) is 6.04 Å². The fraction of sp³-hybridized carbons (Fsp3) is 0.750. The van der Waals surface area contributed by atoms with Gasteiger partial charge in [0, 0.05) is 30.5 Å². The molecule has 23 heavy (non-hydrogen) atoms. The summed E-state index contributed by atoms with van der Waals surface area (Å²) in [7, 11) is -3.18. The Balaban J connectivity index is 2.18. The van der Waals surface area contributed by atoms with Crippen molar-refractivity contribution in [2.45, 2.75) is 53.0 Å². The van der Waals surface area contributed by atoms with Crippen LogP contribution in [0.25, 0.3) is 0 Å². The number of sulfonamides is 1. The van der Waals surface area contributed by atoms with Crippen LogP contribution in [-0.2, 0) is 16.4 Å². The van der Waals surface area contributed by atoms with Gasteiger partial charge in [0.25, 0.3) is 0 Å². The van der Waals surface area contributed by atoms with Gasteiger partial charge in [-0.1, -0.05) is 13.8 Å². The first kappa shape index (κ1) is 18.1. The average Bonchev–Trinajstić information content (AvgIpc) is 2.41. The summed E-state index contributed by atoms with van der Waals surface area (Å²) in [5.41, 5.74) is 3.28. The molecular formula is C16H28N4O2S. The van der Waals surface area contributed by atoms with Crippen LogP contribution in [0.1, 0.15) is 43.6 Å². The molecule has 0 bridgehead atoms. The molecule has 1 fully saturated rings. The van der Waals surface area contributed by atoms with E-state index >= 15 is 0 Å². The molecule has 0 saturated carbocycles. The monoisotopic (exact) mass is 340 g/mol.